The van der Waals surface area contributed by atoms with E-state index in [1.165, 1.54) is 0 Å². The van der Waals surface area contributed by atoms with Gasteiger partial charge in [-0.25, -0.2) is 19.4 Å². The molecule has 0 saturated carbocycles. The van der Waals surface area contributed by atoms with Crippen molar-refractivity contribution < 1.29 is 28.6 Å². The summed E-state index contributed by atoms with van der Waals surface area (Å²) in [5, 5.41) is 2.59. The molecule has 1 N–H and O–H groups in total. The number of carbonyl (C=O) groups excluding carboxylic acids is 3. The van der Waals surface area contributed by atoms with Crippen LogP contribution in [0.4, 0.5) is 9.59 Å². The number of hydrogen-bond acceptors (Lipinski definition) is 6. The third kappa shape index (κ3) is 2.47. The highest BCUT2D eigenvalue weighted by molar-refractivity contribution is 5.99. The van der Waals surface area contributed by atoms with E-state index in [2.05, 4.69) is 5.32 Å². The van der Waals surface area contributed by atoms with Gasteiger partial charge in [-0.1, -0.05) is 0 Å². The first-order valence-corrected chi connectivity index (χ1v) is 6.56. The van der Waals surface area contributed by atoms with Gasteiger partial charge in [0.2, 0.25) is 6.41 Å². The fourth-order valence-corrected chi connectivity index (χ4v) is 1.91. The minimum atomic E-state index is -1.06. The van der Waals surface area contributed by atoms with Crippen LogP contribution in [0.2, 0.25) is 0 Å². The van der Waals surface area contributed by atoms with E-state index < -0.39 is 29.2 Å². The van der Waals surface area contributed by atoms with E-state index >= 15 is 0 Å². The van der Waals surface area contributed by atoms with Crippen LogP contribution in [0.1, 0.15) is 20.8 Å². The molecule has 9 nitrogen and oxygen atoms in total. The fraction of sp³-hybridized carbons (Fsp3) is 0.750. The molecule has 0 spiro atoms. The summed E-state index contributed by atoms with van der Waals surface area (Å²) in [5.74, 6) is 0. The molecular formula is C12H17N3O6. The van der Waals surface area contributed by atoms with E-state index in [9.17, 15) is 14.4 Å². The lowest BCUT2D eigenvalue weighted by molar-refractivity contribution is -0.120. The Morgan fingerprint density at radius 2 is 1.57 bits per heavy atom. The molecular weight excluding hydrogens is 282 g/mol. The van der Waals surface area contributed by atoms with Crippen molar-refractivity contribution in [2.75, 3.05) is 19.8 Å². The van der Waals surface area contributed by atoms with Crippen molar-refractivity contribution in [3.63, 3.8) is 0 Å². The maximum absolute atomic E-state index is 12.6. The highest BCUT2D eigenvalue weighted by atomic mass is 16.6. The largest absolute Gasteiger partial charge is 0.349 e. The molecule has 3 aliphatic rings. The lowest BCUT2D eigenvalue weighted by Crippen LogP contribution is -2.59. The Labute approximate surface area is 121 Å². The first-order valence-electron chi connectivity index (χ1n) is 6.56. The highest BCUT2D eigenvalue weighted by Crippen LogP contribution is 2.36. The van der Waals surface area contributed by atoms with Crippen molar-refractivity contribution in [2.24, 2.45) is 0 Å². The Kier molecular flexibility index (Phi) is 2.81. The van der Waals surface area contributed by atoms with Crippen LogP contribution in [-0.4, -0.2) is 65.3 Å². The van der Waals surface area contributed by atoms with Crippen LogP contribution in [0.25, 0.3) is 0 Å². The highest BCUT2D eigenvalue weighted by Gasteiger charge is 2.58. The number of hydrogen-bond donors (Lipinski definition) is 1. The molecule has 0 aliphatic carbocycles. The minimum absolute atomic E-state index is 0.216. The molecule has 3 atom stereocenters. The Morgan fingerprint density at radius 3 is 1.95 bits per heavy atom. The quantitative estimate of drug-likeness (QED) is 0.570. The second kappa shape index (κ2) is 4.15. The van der Waals surface area contributed by atoms with Crippen molar-refractivity contribution in [3.05, 3.63) is 0 Å². The predicted molar refractivity (Wildman–Crippen MR) is 66.7 cm³/mol. The van der Waals surface area contributed by atoms with Gasteiger partial charge >= 0.3 is 12.1 Å². The normalized spacial score (nSPS) is 39.2. The third-order valence-electron chi connectivity index (χ3n) is 3.76. The zero-order chi connectivity index (χ0) is 15.5. The van der Waals surface area contributed by atoms with Crippen molar-refractivity contribution >= 4 is 18.5 Å². The summed E-state index contributed by atoms with van der Waals surface area (Å²) in [7, 11) is 0. The Morgan fingerprint density at radius 1 is 1.05 bits per heavy atom. The van der Waals surface area contributed by atoms with E-state index in [0.717, 1.165) is 9.80 Å². The van der Waals surface area contributed by atoms with Crippen molar-refractivity contribution in [3.8, 4) is 0 Å². The standard InChI is InChI=1S/C12H17N3O6/c1-10(4-19-10)13-8(17)15(12(3)6-21-12)9(18)14(7-16)11(2)5-20-11/h7H,4-6H2,1-3H3,(H,13,17). The summed E-state index contributed by atoms with van der Waals surface area (Å²) < 4.78 is 15.4. The molecule has 3 saturated heterocycles. The van der Waals surface area contributed by atoms with Crippen LogP contribution in [0.3, 0.4) is 0 Å². The summed E-state index contributed by atoms with van der Waals surface area (Å²) in [5.41, 5.74) is -2.83. The minimum Gasteiger partial charge on any atom is -0.349 e. The lowest BCUT2D eigenvalue weighted by Gasteiger charge is -2.30. The maximum atomic E-state index is 12.6. The summed E-state index contributed by atoms with van der Waals surface area (Å²) in [4.78, 5) is 37.9. The molecule has 0 aromatic carbocycles. The van der Waals surface area contributed by atoms with Crippen molar-refractivity contribution in [2.45, 2.75) is 37.9 Å². The number of imide groups is 2. The smallest absolute Gasteiger partial charge is 0.339 e. The number of nitrogens with one attached hydrogen (secondary N) is 1. The zero-order valence-electron chi connectivity index (χ0n) is 12.0. The van der Waals surface area contributed by atoms with E-state index in [-0.39, 0.29) is 13.2 Å². The maximum Gasteiger partial charge on any atom is 0.339 e. The van der Waals surface area contributed by atoms with E-state index in [1.807, 2.05) is 0 Å². The van der Waals surface area contributed by atoms with Gasteiger partial charge in [-0.2, -0.15) is 0 Å². The van der Waals surface area contributed by atoms with Crippen LogP contribution in [0.15, 0.2) is 0 Å². The van der Waals surface area contributed by atoms with Gasteiger partial charge in [0.05, 0.1) is 19.8 Å². The first-order chi connectivity index (χ1) is 9.73. The van der Waals surface area contributed by atoms with Gasteiger partial charge in [-0.15, -0.1) is 0 Å². The molecule has 5 amide bonds. The molecule has 3 aliphatic heterocycles. The average molecular weight is 299 g/mol. The summed E-state index contributed by atoms with van der Waals surface area (Å²) >= 11 is 0. The van der Waals surface area contributed by atoms with Gasteiger partial charge in [-0.3, -0.25) is 4.79 Å². The van der Waals surface area contributed by atoms with Crippen molar-refractivity contribution in [1.29, 1.82) is 0 Å². The van der Waals surface area contributed by atoms with E-state index in [0.29, 0.717) is 13.0 Å². The summed E-state index contributed by atoms with van der Waals surface area (Å²) in [6, 6.07) is -1.46. The summed E-state index contributed by atoms with van der Waals surface area (Å²) in [6.07, 6.45) is 0.358. The number of urea groups is 2. The van der Waals surface area contributed by atoms with Crippen LogP contribution in [0, 0.1) is 0 Å². The van der Waals surface area contributed by atoms with Crippen LogP contribution in [0.5, 0.6) is 0 Å². The van der Waals surface area contributed by atoms with Gasteiger partial charge in [0.15, 0.2) is 17.2 Å². The molecule has 21 heavy (non-hydrogen) atoms. The molecule has 3 rings (SSSR count). The molecule has 3 heterocycles. The second-order valence-electron chi connectivity index (χ2n) is 5.97. The molecule has 3 unspecified atom stereocenters. The van der Waals surface area contributed by atoms with Crippen LogP contribution in [-0.2, 0) is 19.0 Å². The van der Waals surface area contributed by atoms with Crippen LogP contribution >= 0.6 is 0 Å². The van der Waals surface area contributed by atoms with Crippen LogP contribution < -0.4 is 5.32 Å². The molecule has 0 aromatic rings. The van der Waals surface area contributed by atoms with Gasteiger partial charge < -0.3 is 19.5 Å². The monoisotopic (exact) mass is 299 g/mol. The number of epoxide rings is 3. The number of ether oxygens (including phenoxy) is 3. The molecule has 3 fully saturated rings. The number of nitrogens with zero attached hydrogens (tertiary/aromatic N) is 2. The molecule has 116 valence electrons. The number of rotatable bonds is 4. The van der Waals surface area contributed by atoms with E-state index in [4.69, 9.17) is 14.2 Å². The third-order valence-corrected chi connectivity index (χ3v) is 3.76. The summed E-state index contributed by atoms with van der Waals surface area (Å²) in [6.45, 7) is 5.71. The molecule has 0 radical (unpaired) electrons. The second-order valence-corrected chi connectivity index (χ2v) is 5.97. The molecule has 9 heteroatoms. The van der Waals surface area contributed by atoms with E-state index in [1.54, 1.807) is 20.8 Å². The Bertz CT molecular complexity index is 509. The fourth-order valence-electron chi connectivity index (χ4n) is 1.91. The van der Waals surface area contributed by atoms with Gasteiger partial charge in [-0.05, 0) is 20.8 Å². The SMILES string of the molecule is CC1(NC(=O)N(C(=O)N(C=O)C2(C)CO2)C2(C)CO2)CO1. The number of carbonyl (C=O) groups is 3. The molecule has 0 aromatic heterocycles. The van der Waals surface area contributed by atoms with Crippen molar-refractivity contribution in [1.82, 2.24) is 15.1 Å². The predicted octanol–water partition coefficient (Wildman–Crippen LogP) is -0.184. The zero-order valence-corrected chi connectivity index (χ0v) is 12.0. The lowest BCUT2D eigenvalue weighted by atomic mass is 10.3. The first kappa shape index (κ1) is 14.2. The van der Waals surface area contributed by atoms with Gasteiger partial charge in [0.1, 0.15) is 0 Å². The Balaban J connectivity index is 1.80. The average Bonchev–Trinajstić information content (AvgIpc) is 3.29. The van der Waals surface area contributed by atoms with Gasteiger partial charge in [0, 0.05) is 0 Å². The number of amides is 5. The topological polar surface area (TPSA) is 107 Å². The molecule has 0 bridgehead atoms. The Hall–Kier alpha value is -1.71. The van der Waals surface area contributed by atoms with Gasteiger partial charge in [0.25, 0.3) is 0 Å².